The lowest BCUT2D eigenvalue weighted by atomic mass is 10.1. The molecule has 0 bridgehead atoms. The van der Waals surface area contributed by atoms with Crippen LogP contribution in [0.3, 0.4) is 0 Å². The molecule has 0 N–H and O–H groups in total. The van der Waals surface area contributed by atoms with Crippen molar-refractivity contribution >= 4 is 17.5 Å². The molecule has 0 spiro atoms. The maximum atomic E-state index is 13.6. The van der Waals surface area contributed by atoms with Crippen LogP contribution in [0.15, 0.2) is 84.9 Å². The van der Waals surface area contributed by atoms with E-state index < -0.39 is 0 Å². The Hall–Kier alpha value is -3.60. The van der Waals surface area contributed by atoms with Crippen molar-refractivity contribution in [2.24, 2.45) is 5.92 Å². The van der Waals surface area contributed by atoms with E-state index in [1.165, 1.54) is 5.56 Å². The molecule has 33 heavy (non-hydrogen) atoms. The quantitative estimate of drug-likeness (QED) is 0.482. The highest BCUT2D eigenvalue weighted by atomic mass is 16.5. The standard InChI is InChI=1S/C28H30N2O3/c1-2-33-26-15-13-25(14-16-26)30-21-24(19-27(30)31)28(32)29(20-23-11-7-4-8-12-23)18-17-22-9-5-3-6-10-22/h3-16,24H,2,17-21H2,1H3/t24-/m1/s1. The van der Waals surface area contributed by atoms with E-state index in [1.807, 2.05) is 84.6 Å². The normalized spacial score (nSPS) is 15.5. The van der Waals surface area contributed by atoms with Crippen LogP contribution >= 0.6 is 0 Å². The summed E-state index contributed by atoms with van der Waals surface area (Å²) in [5.41, 5.74) is 3.09. The van der Waals surface area contributed by atoms with Crippen molar-refractivity contribution in [1.82, 2.24) is 4.90 Å². The van der Waals surface area contributed by atoms with Gasteiger partial charge in [0.1, 0.15) is 5.75 Å². The summed E-state index contributed by atoms with van der Waals surface area (Å²) in [6.07, 6.45) is 1.02. The molecule has 0 unspecified atom stereocenters. The minimum atomic E-state index is -0.344. The van der Waals surface area contributed by atoms with E-state index in [-0.39, 0.29) is 24.2 Å². The number of ether oxygens (including phenoxy) is 1. The van der Waals surface area contributed by atoms with E-state index in [9.17, 15) is 9.59 Å². The van der Waals surface area contributed by atoms with E-state index in [4.69, 9.17) is 4.74 Å². The largest absolute Gasteiger partial charge is 0.494 e. The molecule has 5 nitrogen and oxygen atoms in total. The number of anilines is 1. The van der Waals surface area contributed by atoms with Crippen molar-refractivity contribution < 1.29 is 14.3 Å². The summed E-state index contributed by atoms with van der Waals surface area (Å²) in [5, 5.41) is 0. The maximum Gasteiger partial charge on any atom is 0.228 e. The molecular formula is C28H30N2O3. The average molecular weight is 443 g/mol. The van der Waals surface area contributed by atoms with Crippen LogP contribution in [0.2, 0.25) is 0 Å². The topological polar surface area (TPSA) is 49.9 Å². The first-order chi connectivity index (χ1) is 16.1. The molecule has 1 heterocycles. The number of benzene rings is 3. The van der Waals surface area contributed by atoms with Crippen molar-refractivity contribution in [3.8, 4) is 5.75 Å². The predicted molar refractivity (Wildman–Crippen MR) is 130 cm³/mol. The summed E-state index contributed by atoms with van der Waals surface area (Å²) >= 11 is 0. The zero-order valence-corrected chi connectivity index (χ0v) is 19.0. The van der Waals surface area contributed by atoms with Gasteiger partial charge in [0.2, 0.25) is 11.8 Å². The number of hydrogen-bond acceptors (Lipinski definition) is 3. The van der Waals surface area contributed by atoms with Gasteiger partial charge >= 0.3 is 0 Å². The highest BCUT2D eigenvalue weighted by Gasteiger charge is 2.37. The van der Waals surface area contributed by atoms with Crippen molar-refractivity contribution in [1.29, 1.82) is 0 Å². The van der Waals surface area contributed by atoms with Gasteiger partial charge in [-0.05, 0) is 48.7 Å². The lowest BCUT2D eigenvalue weighted by molar-refractivity contribution is -0.136. The van der Waals surface area contributed by atoms with E-state index >= 15 is 0 Å². The fourth-order valence-electron chi connectivity index (χ4n) is 4.25. The highest BCUT2D eigenvalue weighted by Crippen LogP contribution is 2.28. The van der Waals surface area contributed by atoms with Crippen LogP contribution in [0.1, 0.15) is 24.5 Å². The van der Waals surface area contributed by atoms with E-state index in [0.717, 1.165) is 23.4 Å². The van der Waals surface area contributed by atoms with E-state index in [2.05, 4.69) is 12.1 Å². The van der Waals surface area contributed by atoms with Gasteiger partial charge in [-0.2, -0.15) is 0 Å². The number of nitrogens with zero attached hydrogens (tertiary/aromatic N) is 2. The Bertz CT molecular complexity index is 1050. The third kappa shape index (κ3) is 5.80. The summed E-state index contributed by atoms with van der Waals surface area (Å²) in [7, 11) is 0. The third-order valence-electron chi connectivity index (χ3n) is 5.97. The minimum Gasteiger partial charge on any atom is -0.494 e. The second kappa shape index (κ2) is 10.8. The Morgan fingerprint density at radius 1 is 0.939 bits per heavy atom. The lowest BCUT2D eigenvalue weighted by Crippen LogP contribution is -2.38. The van der Waals surface area contributed by atoms with Gasteiger partial charge in [-0.3, -0.25) is 9.59 Å². The van der Waals surface area contributed by atoms with Gasteiger partial charge < -0.3 is 14.5 Å². The van der Waals surface area contributed by atoms with Crippen LogP contribution in [0.25, 0.3) is 0 Å². The third-order valence-corrected chi connectivity index (χ3v) is 5.97. The van der Waals surface area contributed by atoms with Crippen LogP contribution in [0.5, 0.6) is 5.75 Å². The van der Waals surface area contributed by atoms with Crippen LogP contribution in [-0.4, -0.2) is 36.4 Å². The van der Waals surface area contributed by atoms with Crippen LogP contribution < -0.4 is 9.64 Å². The average Bonchev–Trinajstić information content (AvgIpc) is 3.25. The summed E-state index contributed by atoms with van der Waals surface area (Å²) in [5.74, 6) is 0.454. The minimum absolute atomic E-state index is 0.0137. The van der Waals surface area contributed by atoms with Crippen molar-refractivity contribution in [2.75, 3.05) is 24.6 Å². The van der Waals surface area contributed by atoms with E-state index in [0.29, 0.717) is 26.2 Å². The van der Waals surface area contributed by atoms with Gasteiger partial charge in [0.15, 0.2) is 0 Å². The molecule has 3 aromatic rings. The maximum absolute atomic E-state index is 13.6. The molecule has 5 heteroatoms. The molecule has 1 aliphatic rings. The van der Waals surface area contributed by atoms with Gasteiger partial charge in [-0.15, -0.1) is 0 Å². The first-order valence-corrected chi connectivity index (χ1v) is 11.5. The van der Waals surface area contributed by atoms with Crippen molar-refractivity contribution in [2.45, 2.75) is 26.3 Å². The number of rotatable bonds is 9. The van der Waals surface area contributed by atoms with Gasteiger partial charge in [0, 0.05) is 31.7 Å². The smallest absolute Gasteiger partial charge is 0.228 e. The fourth-order valence-corrected chi connectivity index (χ4v) is 4.25. The highest BCUT2D eigenvalue weighted by molar-refractivity contribution is 6.00. The Labute approximate surface area is 195 Å². The molecular weight excluding hydrogens is 412 g/mol. The van der Waals surface area contributed by atoms with Crippen LogP contribution in [0.4, 0.5) is 5.69 Å². The number of hydrogen-bond donors (Lipinski definition) is 0. The van der Waals surface area contributed by atoms with Crippen LogP contribution in [0, 0.1) is 5.92 Å². The molecule has 170 valence electrons. The Balaban J connectivity index is 1.47. The van der Waals surface area contributed by atoms with Gasteiger partial charge in [0.25, 0.3) is 0 Å². The lowest BCUT2D eigenvalue weighted by Gasteiger charge is -2.26. The Morgan fingerprint density at radius 2 is 1.58 bits per heavy atom. The van der Waals surface area contributed by atoms with Gasteiger partial charge in [-0.25, -0.2) is 0 Å². The predicted octanol–water partition coefficient (Wildman–Crippen LogP) is 4.71. The monoisotopic (exact) mass is 442 g/mol. The first-order valence-electron chi connectivity index (χ1n) is 11.5. The second-order valence-electron chi connectivity index (χ2n) is 8.31. The Kier molecular flexibility index (Phi) is 7.40. The second-order valence-corrected chi connectivity index (χ2v) is 8.31. The zero-order valence-electron chi connectivity index (χ0n) is 19.0. The molecule has 1 atom stereocenters. The molecule has 0 aliphatic carbocycles. The summed E-state index contributed by atoms with van der Waals surface area (Å²) in [4.78, 5) is 30.0. The fraction of sp³-hybridized carbons (Fsp3) is 0.286. The molecule has 0 saturated carbocycles. The number of carbonyl (C=O) groups is 2. The number of carbonyl (C=O) groups excluding carboxylic acids is 2. The molecule has 0 aromatic heterocycles. The summed E-state index contributed by atoms with van der Waals surface area (Å²) in [6, 6.07) is 27.7. The summed E-state index contributed by atoms with van der Waals surface area (Å²) < 4.78 is 5.50. The number of amides is 2. The molecule has 4 rings (SSSR count). The molecule has 1 aliphatic heterocycles. The Morgan fingerprint density at radius 3 is 2.21 bits per heavy atom. The molecule has 0 radical (unpaired) electrons. The first kappa shape index (κ1) is 22.6. The van der Waals surface area contributed by atoms with Crippen molar-refractivity contribution in [3.63, 3.8) is 0 Å². The summed E-state index contributed by atoms with van der Waals surface area (Å²) in [6.45, 7) is 4.10. The van der Waals surface area contributed by atoms with Crippen molar-refractivity contribution in [3.05, 3.63) is 96.1 Å². The van der Waals surface area contributed by atoms with Gasteiger partial charge in [-0.1, -0.05) is 60.7 Å². The SMILES string of the molecule is CCOc1ccc(N2C[C@H](C(=O)N(CCc3ccccc3)Cc3ccccc3)CC2=O)cc1. The van der Waals surface area contributed by atoms with Gasteiger partial charge in [0.05, 0.1) is 12.5 Å². The molecule has 2 amide bonds. The molecule has 3 aromatic carbocycles. The van der Waals surface area contributed by atoms with Crippen LogP contribution in [-0.2, 0) is 22.6 Å². The molecule has 1 fully saturated rings. The molecule has 1 saturated heterocycles. The zero-order chi connectivity index (χ0) is 23.0. The van der Waals surface area contributed by atoms with E-state index in [1.54, 1.807) is 4.90 Å².